The Morgan fingerprint density at radius 2 is 1.81 bits per heavy atom. The summed E-state index contributed by atoms with van der Waals surface area (Å²) < 4.78 is 19.3. The normalized spacial score (nSPS) is 20.0. The lowest BCUT2D eigenvalue weighted by Crippen LogP contribution is -2.45. The van der Waals surface area contributed by atoms with Gasteiger partial charge < -0.3 is 19.9 Å². The summed E-state index contributed by atoms with van der Waals surface area (Å²) in [5.74, 6) is 2.28. The fraction of sp³-hybridized carbons (Fsp3) is 0.478. The predicted molar refractivity (Wildman–Crippen MR) is 121 cm³/mol. The van der Waals surface area contributed by atoms with E-state index in [0.29, 0.717) is 17.8 Å². The topological polar surface area (TPSA) is 78.8 Å². The molecule has 1 aromatic carbocycles. The maximum atomic E-state index is 13.3. The van der Waals surface area contributed by atoms with Crippen LogP contribution in [0.4, 0.5) is 16.3 Å². The molecule has 32 heavy (non-hydrogen) atoms. The second-order valence-electron chi connectivity index (χ2n) is 8.70. The minimum atomic E-state index is -0.335. The van der Waals surface area contributed by atoms with E-state index in [9.17, 15) is 4.39 Å². The third-order valence-electron chi connectivity index (χ3n) is 6.13. The standard InChI is InChI=1S/C23H28FN7O/c1-15(16-5-7-19(24)8-6-16)32-23-28-21(26-20-13-18(14-25-20)17-3-4-17)27-22(29-23)31-11-9-30(2)10-12-31/h5-8,14-15,17H,3-4,9-13H2,1-2H3,(H,25,26,27,28,29). The van der Waals surface area contributed by atoms with Crippen molar-refractivity contribution >= 4 is 17.7 Å². The number of hydrogen-bond donors (Lipinski definition) is 1. The maximum absolute atomic E-state index is 13.3. The van der Waals surface area contributed by atoms with Crippen molar-refractivity contribution in [2.45, 2.75) is 32.3 Å². The van der Waals surface area contributed by atoms with Gasteiger partial charge in [0.1, 0.15) is 17.8 Å². The highest BCUT2D eigenvalue weighted by Crippen LogP contribution is 2.39. The smallest absolute Gasteiger partial charge is 0.323 e. The van der Waals surface area contributed by atoms with Crippen LogP contribution in [0, 0.1) is 11.7 Å². The van der Waals surface area contributed by atoms with Crippen LogP contribution in [0.2, 0.25) is 0 Å². The third-order valence-corrected chi connectivity index (χ3v) is 6.13. The van der Waals surface area contributed by atoms with Crippen LogP contribution in [0.25, 0.3) is 0 Å². The molecule has 2 aliphatic heterocycles. The first-order valence-electron chi connectivity index (χ1n) is 11.2. The Bertz CT molecular complexity index is 1030. The van der Waals surface area contributed by atoms with Crippen molar-refractivity contribution in [3.8, 4) is 6.01 Å². The number of halogens is 1. The number of benzene rings is 1. The number of piperazine rings is 1. The van der Waals surface area contributed by atoms with E-state index in [4.69, 9.17) is 4.74 Å². The molecule has 0 radical (unpaired) electrons. The number of nitrogens with zero attached hydrogens (tertiary/aromatic N) is 6. The molecular formula is C23H28FN7O. The first-order valence-corrected chi connectivity index (χ1v) is 11.2. The van der Waals surface area contributed by atoms with Crippen LogP contribution in [-0.2, 0) is 0 Å². The molecule has 1 unspecified atom stereocenters. The molecule has 3 heterocycles. The van der Waals surface area contributed by atoms with Gasteiger partial charge in [0.05, 0.1) is 0 Å². The summed E-state index contributed by atoms with van der Waals surface area (Å²) in [6.07, 6.45) is 4.96. The van der Waals surface area contributed by atoms with E-state index in [1.165, 1.54) is 30.5 Å². The Labute approximate surface area is 187 Å². The van der Waals surface area contributed by atoms with Crippen LogP contribution in [0.5, 0.6) is 6.01 Å². The molecule has 5 rings (SSSR count). The first-order chi connectivity index (χ1) is 15.5. The minimum absolute atomic E-state index is 0.238. The van der Waals surface area contributed by atoms with Gasteiger partial charge in [-0.25, -0.2) is 9.38 Å². The highest BCUT2D eigenvalue weighted by Gasteiger charge is 2.29. The number of aliphatic imine (C=N–C) groups is 1. The molecule has 0 spiro atoms. The Morgan fingerprint density at radius 3 is 2.53 bits per heavy atom. The van der Waals surface area contributed by atoms with Gasteiger partial charge in [0, 0.05) is 38.8 Å². The summed E-state index contributed by atoms with van der Waals surface area (Å²) in [5.41, 5.74) is 2.23. The van der Waals surface area contributed by atoms with Gasteiger partial charge in [0.2, 0.25) is 11.9 Å². The van der Waals surface area contributed by atoms with Crippen molar-refractivity contribution in [3.63, 3.8) is 0 Å². The van der Waals surface area contributed by atoms with E-state index < -0.39 is 0 Å². The summed E-state index contributed by atoms with van der Waals surface area (Å²) in [6.45, 7) is 5.45. The van der Waals surface area contributed by atoms with Crippen molar-refractivity contribution in [1.29, 1.82) is 0 Å². The van der Waals surface area contributed by atoms with E-state index in [2.05, 4.69) is 42.1 Å². The van der Waals surface area contributed by atoms with E-state index in [0.717, 1.165) is 44.0 Å². The number of amidine groups is 1. The predicted octanol–water partition coefficient (Wildman–Crippen LogP) is 3.41. The third kappa shape index (κ3) is 4.88. The van der Waals surface area contributed by atoms with Crippen molar-refractivity contribution < 1.29 is 9.13 Å². The van der Waals surface area contributed by atoms with Crippen LogP contribution < -0.4 is 15.0 Å². The fourth-order valence-electron chi connectivity index (χ4n) is 3.92. The maximum Gasteiger partial charge on any atom is 0.323 e. The molecule has 9 heteroatoms. The van der Waals surface area contributed by atoms with Gasteiger partial charge in [-0.05, 0) is 56.0 Å². The van der Waals surface area contributed by atoms with E-state index in [1.54, 1.807) is 12.1 Å². The highest BCUT2D eigenvalue weighted by atomic mass is 19.1. The molecule has 0 bridgehead atoms. The van der Waals surface area contributed by atoms with Gasteiger partial charge in [-0.1, -0.05) is 12.1 Å². The number of ether oxygens (including phenoxy) is 1. The van der Waals surface area contributed by atoms with Gasteiger partial charge >= 0.3 is 6.01 Å². The van der Waals surface area contributed by atoms with Gasteiger partial charge in [-0.15, -0.1) is 0 Å². The number of hydrogen-bond acceptors (Lipinski definition) is 8. The van der Waals surface area contributed by atoms with Crippen LogP contribution in [0.3, 0.4) is 0 Å². The van der Waals surface area contributed by atoms with Gasteiger partial charge in [0.15, 0.2) is 0 Å². The van der Waals surface area contributed by atoms with Crippen molar-refractivity contribution in [1.82, 2.24) is 19.9 Å². The van der Waals surface area contributed by atoms with Crippen LogP contribution in [0.15, 0.2) is 41.0 Å². The quantitative estimate of drug-likeness (QED) is 0.742. The van der Waals surface area contributed by atoms with Crippen LogP contribution in [-0.4, -0.2) is 58.9 Å². The average Bonchev–Trinajstić information content (AvgIpc) is 3.53. The van der Waals surface area contributed by atoms with Gasteiger partial charge in [-0.3, -0.25) is 0 Å². The Hall–Kier alpha value is -3.07. The molecule has 168 valence electrons. The zero-order valence-electron chi connectivity index (χ0n) is 18.5. The number of nitrogens with one attached hydrogen (secondary N) is 1. The summed E-state index contributed by atoms with van der Waals surface area (Å²) in [7, 11) is 2.11. The van der Waals surface area contributed by atoms with E-state index in [-0.39, 0.29) is 17.9 Å². The van der Waals surface area contributed by atoms with E-state index in [1.807, 2.05) is 13.1 Å². The largest absolute Gasteiger partial charge is 0.455 e. The van der Waals surface area contributed by atoms with Gasteiger partial charge in [-0.2, -0.15) is 15.0 Å². The Kier molecular flexibility index (Phi) is 5.73. The molecule has 1 saturated heterocycles. The molecule has 1 aromatic heterocycles. The van der Waals surface area contributed by atoms with Crippen molar-refractivity contribution in [2.24, 2.45) is 10.9 Å². The zero-order chi connectivity index (χ0) is 22.1. The number of anilines is 2. The number of likely N-dealkylation sites (N-methyl/N-ethyl adjacent to an activating group) is 1. The molecule has 1 saturated carbocycles. The molecule has 1 aliphatic carbocycles. The number of aromatic nitrogens is 3. The number of rotatable bonds is 6. The molecule has 8 nitrogen and oxygen atoms in total. The van der Waals surface area contributed by atoms with E-state index >= 15 is 0 Å². The second kappa shape index (κ2) is 8.82. The molecule has 0 amide bonds. The summed E-state index contributed by atoms with van der Waals surface area (Å²) in [5, 5.41) is 3.27. The lowest BCUT2D eigenvalue weighted by Gasteiger charge is -2.32. The Morgan fingerprint density at radius 1 is 1.06 bits per heavy atom. The second-order valence-corrected chi connectivity index (χ2v) is 8.70. The fourth-order valence-corrected chi connectivity index (χ4v) is 3.92. The lowest BCUT2D eigenvalue weighted by atomic mass is 10.1. The first kappa shape index (κ1) is 20.8. The van der Waals surface area contributed by atoms with Gasteiger partial charge in [0.25, 0.3) is 0 Å². The molecule has 2 fully saturated rings. The summed E-state index contributed by atoms with van der Waals surface area (Å²) >= 11 is 0. The molecule has 1 atom stereocenters. The van der Waals surface area contributed by atoms with Crippen molar-refractivity contribution in [3.05, 3.63) is 47.4 Å². The monoisotopic (exact) mass is 437 g/mol. The van der Waals surface area contributed by atoms with Crippen molar-refractivity contribution in [2.75, 3.05) is 43.4 Å². The highest BCUT2D eigenvalue weighted by molar-refractivity contribution is 5.97. The summed E-state index contributed by atoms with van der Waals surface area (Å²) in [6, 6.07) is 6.50. The lowest BCUT2D eigenvalue weighted by molar-refractivity contribution is 0.207. The van der Waals surface area contributed by atoms with Crippen LogP contribution in [0.1, 0.15) is 37.9 Å². The average molecular weight is 438 g/mol. The Balaban J connectivity index is 1.35. The molecular weight excluding hydrogens is 409 g/mol. The molecule has 2 aromatic rings. The van der Waals surface area contributed by atoms with Crippen LogP contribution >= 0.6 is 0 Å². The molecule has 1 N–H and O–H groups in total. The SMILES string of the molecule is CC(Oc1nc(NC2=NC=C(C3CC3)C2)nc(N2CCN(C)CC2)n1)c1ccc(F)cc1. The minimum Gasteiger partial charge on any atom is -0.455 e. The zero-order valence-corrected chi connectivity index (χ0v) is 18.5. The summed E-state index contributed by atoms with van der Waals surface area (Å²) in [4.78, 5) is 22.7. The molecule has 3 aliphatic rings.